The van der Waals surface area contributed by atoms with Gasteiger partial charge in [-0.3, -0.25) is 9.89 Å². The Morgan fingerprint density at radius 2 is 2.21 bits per heavy atom. The van der Waals surface area contributed by atoms with Crippen LogP contribution >= 0.6 is 0 Å². The molecule has 0 saturated heterocycles. The number of rotatable bonds is 2. The number of aryl methyl sites for hydroxylation is 1. The van der Waals surface area contributed by atoms with Gasteiger partial charge in [0.1, 0.15) is 11.6 Å². The number of anilines is 1. The summed E-state index contributed by atoms with van der Waals surface area (Å²) in [7, 11) is 1.59. The van der Waals surface area contributed by atoms with E-state index in [4.69, 9.17) is 4.74 Å². The molecule has 0 fully saturated rings. The third-order valence-electron chi connectivity index (χ3n) is 2.90. The highest BCUT2D eigenvalue weighted by atomic mass is 16.5. The topological polar surface area (TPSA) is 79.9 Å². The Hall–Kier alpha value is -2.63. The van der Waals surface area contributed by atoms with Crippen molar-refractivity contribution < 1.29 is 9.53 Å². The Labute approximate surface area is 109 Å². The average Bonchev–Trinajstić information content (AvgIpc) is 2.94. The maximum absolute atomic E-state index is 12.0. The van der Waals surface area contributed by atoms with Gasteiger partial charge < -0.3 is 10.1 Å². The third kappa shape index (κ3) is 1.97. The number of ether oxygens (including phenoxy) is 1. The van der Waals surface area contributed by atoms with E-state index >= 15 is 0 Å². The van der Waals surface area contributed by atoms with Crippen molar-refractivity contribution in [1.82, 2.24) is 15.2 Å². The zero-order valence-electron chi connectivity index (χ0n) is 10.5. The van der Waals surface area contributed by atoms with Gasteiger partial charge >= 0.3 is 0 Å². The Kier molecular flexibility index (Phi) is 2.56. The lowest BCUT2D eigenvalue weighted by molar-refractivity contribution is -0.110. The van der Waals surface area contributed by atoms with Crippen LogP contribution in [0.15, 0.2) is 18.2 Å². The number of carbonyl (C=O) groups is 1. The van der Waals surface area contributed by atoms with E-state index in [0.29, 0.717) is 23.0 Å². The van der Waals surface area contributed by atoms with E-state index in [9.17, 15) is 4.79 Å². The number of H-pyrrole nitrogens is 1. The Balaban J connectivity index is 2.08. The van der Waals surface area contributed by atoms with Crippen LogP contribution < -0.4 is 10.1 Å². The maximum Gasteiger partial charge on any atom is 0.256 e. The van der Waals surface area contributed by atoms with Gasteiger partial charge in [0.25, 0.3) is 5.91 Å². The molecule has 6 nitrogen and oxygen atoms in total. The fourth-order valence-electron chi connectivity index (χ4n) is 1.99. The first-order valence-electron chi connectivity index (χ1n) is 5.78. The van der Waals surface area contributed by atoms with E-state index in [1.54, 1.807) is 26.2 Å². The number of aromatic nitrogens is 3. The van der Waals surface area contributed by atoms with Crippen LogP contribution in [0.1, 0.15) is 17.2 Å². The summed E-state index contributed by atoms with van der Waals surface area (Å²) >= 11 is 0. The average molecular weight is 256 g/mol. The van der Waals surface area contributed by atoms with Crippen molar-refractivity contribution in [2.45, 2.75) is 6.92 Å². The third-order valence-corrected chi connectivity index (χ3v) is 2.90. The number of fused-ring (bicyclic) bond motifs is 1. The van der Waals surface area contributed by atoms with Crippen molar-refractivity contribution in [2.24, 2.45) is 0 Å². The molecule has 2 heterocycles. The molecule has 6 heteroatoms. The second kappa shape index (κ2) is 4.24. The van der Waals surface area contributed by atoms with E-state index in [-0.39, 0.29) is 5.91 Å². The first-order valence-corrected chi connectivity index (χ1v) is 5.78. The Bertz CT molecular complexity index is 688. The highest BCUT2D eigenvalue weighted by Gasteiger charge is 2.25. The van der Waals surface area contributed by atoms with Gasteiger partial charge in [0.05, 0.1) is 12.7 Å². The van der Waals surface area contributed by atoms with Crippen LogP contribution in [0.4, 0.5) is 5.69 Å². The minimum Gasteiger partial charge on any atom is -0.497 e. The zero-order valence-corrected chi connectivity index (χ0v) is 10.5. The van der Waals surface area contributed by atoms with Crippen LogP contribution in [0.3, 0.4) is 0 Å². The van der Waals surface area contributed by atoms with Crippen LogP contribution in [0.25, 0.3) is 11.6 Å². The van der Waals surface area contributed by atoms with Gasteiger partial charge in [0.15, 0.2) is 5.82 Å². The highest BCUT2D eigenvalue weighted by molar-refractivity contribution is 6.34. The number of benzene rings is 1. The quantitative estimate of drug-likeness (QED) is 0.800. The van der Waals surface area contributed by atoms with Gasteiger partial charge in [0.2, 0.25) is 0 Å². The monoisotopic (exact) mass is 256 g/mol. The molecule has 0 unspecified atom stereocenters. The molecule has 1 aromatic heterocycles. The zero-order chi connectivity index (χ0) is 13.4. The maximum atomic E-state index is 12.0. The second-order valence-electron chi connectivity index (χ2n) is 4.20. The lowest BCUT2D eigenvalue weighted by Crippen LogP contribution is -2.03. The van der Waals surface area contributed by atoms with E-state index in [2.05, 4.69) is 20.5 Å². The van der Waals surface area contributed by atoms with E-state index in [1.807, 2.05) is 12.1 Å². The van der Waals surface area contributed by atoms with Gasteiger partial charge in [-0.1, -0.05) is 0 Å². The minimum atomic E-state index is -0.161. The molecular formula is C13H12N4O2. The van der Waals surface area contributed by atoms with Crippen molar-refractivity contribution in [2.75, 3.05) is 12.4 Å². The fourth-order valence-corrected chi connectivity index (χ4v) is 1.99. The molecule has 19 heavy (non-hydrogen) atoms. The van der Waals surface area contributed by atoms with Crippen LogP contribution in [0.5, 0.6) is 5.75 Å². The molecule has 96 valence electrons. The number of hydrogen-bond donors (Lipinski definition) is 2. The van der Waals surface area contributed by atoms with Crippen molar-refractivity contribution in [3.8, 4) is 5.75 Å². The van der Waals surface area contributed by atoms with Crippen molar-refractivity contribution in [1.29, 1.82) is 0 Å². The van der Waals surface area contributed by atoms with Crippen molar-refractivity contribution >= 4 is 23.2 Å². The summed E-state index contributed by atoms with van der Waals surface area (Å²) in [6, 6.07) is 5.44. The van der Waals surface area contributed by atoms with Gasteiger partial charge in [-0.2, -0.15) is 5.10 Å². The summed E-state index contributed by atoms with van der Waals surface area (Å²) in [5.41, 5.74) is 2.10. The number of nitrogens with zero attached hydrogens (tertiary/aromatic N) is 2. The molecule has 1 amide bonds. The number of carbonyl (C=O) groups excluding carboxylic acids is 1. The standard InChI is InChI=1S/C13H12N4O2/c1-7-14-12(17-16-7)6-10-9-5-8(19-2)3-4-11(9)15-13(10)18/h3-6H,1-2H3,(H,15,18)(H,14,16,17). The molecule has 0 aliphatic carbocycles. The Morgan fingerprint density at radius 1 is 1.37 bits per heavy atom. The SMILES string of the molecule is COc1ccc2c(c1)C(=Cc1n[nH]c(C)n1)C(=O)N2. The van der Waals surface area contributed by atoms with Crippen LogP contribution in [0.2, 0.25) is 0 Å². The first-order chi connectivity index (χ1) is 9.17. The van der Waals surface area contributed by atoms with E-state index < -0.39 is 0 Å². The summed E-state index contributed by atoms with van der Waals surface area (Å²) in [6.07, 6.45) is 1.66. The number of aromatic amines is 1. The summed E-state index contributed by atoms with van der Waals surface area (Å²) < 4.78 is 5.17. The van der Waals surface area contributed by atoms with Crippen LogP contribution in [-0.2, 0) is 4.79 Å². The number of hydrogen-bond acceptors (Lipinski definition) is 4. The number of amides is 1. The van der Waals surface area contributed by atoms with Gasteiger partial charge in [-0.05, 0) is 31.2 Å². The summed E-state index contributed by atoms with van der Waals surface area (Å²) in [4.78, 5) is 16.1. The number of nitrogens with one attached hydrogen (secondary N) is 2. The molecular weight excluding hydrogens is 244 g/mol. The highest BCUT2D eigenvalue weighted by Crippen LogP contribution is 2.35. The first kappa shape index (κ1) is 11.5. The van der Waals surface area contributed by atoms with Gasteiger partial charge in [-0.25, -0.2) is 4.98 Å². The lowest BCUT2D eigenvalue weighted by Gasteiger charge is -2.02. The summed E-state index contributed by atoms with van der Waals surface area (Å²) in [5, 5.41) is 9.54. The van der Waals surface area contributed by atoms with Crippen molar-refractivity contribution in [3.05, 3.63) is 35.4 Å². The summed E-state index contributed by atoms with van der Waals surface area (Å²) in [6.45, 7) is 1.81. The molecule has 0 spiro atoms. The Morgan fingerprint density at radius 3 is 2.89 bits per heavy atom. The lowest BCUT2D eigenvalue weighted by atomic mass is 10.1. The number of methoxy groups -OCH3 is 1. The van der Waals surface area contributed by atoms with Crippen LogP contribution in [-0.4, -0.2) is 28.2 Å². The smallest absolute Gasteiger partial charge is 0.256 e. The van der Waals surface area contributed by atoms with Crippen LogP contribution in [0, 0.1) is 6.92 Å². The van der Waals surface area contributed by atoms with E-state index in [0.717, 1.165) is 11.3 Å². The summed E-state index contributed by atoms with van der Waals surface area (Å²) in [5.74, 6) is 1.73. The molecule has 0 radical (unpaired) electrons. The largest absolute Gasteiger partial charge is 0.497 e. The predicted octanol–water partition coefficient (Wildman–Crippen LogP) is 1.61. The second-order valence-corrected chi connectivity index (χ2v) is 4.20. The van der Waals surface area contributed by atoms with Gasteiger partial charge in [-0.15, -0.1) is 0 Å². The molecule has 0 saturated carbocycles. The van der Waals surface area contributed by atoms with E-state index in [1.165, 1.54) is 0 Å². The molecule has 1 aromatic carbocycles. The molecule has 0 bridgehead atoms. The predicted molar refractivity (Wildman–Crippen MR) is 70.6 cm³/mol. The molecule has 2 aromatic rings. The normalized spacial score (nSPS) is 15.5. The molecule has 1 aliphatic heterocycles. The van der Waals surface area contributed by atoms with Crippen molar-refractivity contribution in [3.63, 3.8) is 0 Å². The molecule has 0 atom stereocenters. The minimum absolute atomic E-state index is 0.161. The molecule has 2 N–H and O–H groups in total. The fraction of sp³-hybridized carbons (Fsp3) is 0.154. The molecule has 1 aliphatic rings. The molecule has 3 rings (SSSR count). The van der Waals surface area contributed by atoms with Gasteiger partial charge in [0, 0.05) is 11.3 Å².